The van der Waals surface area contributed by atoms with E-state index in [0.717, 1.165) is 15.7 Å². The minimum Gasteiger partial charge on any atom is -0.256 e. The molecule has 0 radical (unpaired) electrons. The van der Waals surface area contributed by atoms with Crippen molar-refractivity contribution in [2.24, 2.45) is 0 Å². The summed E-state index contributed by atoms with van der Waals surface area (Å²) in [6, 6.07) is 14.0. The van der Waals surface area contributed by atoms with Gasteiger partial charge >= 0.3 is 20.1 Å². The number of hydrogen-bond donors (Lipinski definition) is 0. The van der Waals surface area contributed by atoms with E-state index >= 15 is 0 Å². The van der Waals surface area contributed by atoms with Gasteiger partial charge in [0.1, 0.15) is 0 Å². The quantitative estimate of drug-likeness (QED) is 0.681. The molecule has 2 aromatic rings. The van der Waals surface area contributed by atoms with Crippen LogP contribution in [0.5, 0.6) is 0 Å². The molecule has 1 aromatic heterocycles. The SMILES string of the molecule is Brc1ccccc1-c1ccccn1.[Ir+3]. The smallest absolute Gasteiger partial charge is 0.256 e. The third-order valence-electron chi connectivity index (χ3n) is 1.81. The predicted octanol–water partition coefficient (Wildman–Crippen LogP) is 3.51. The second-order valence-corrected chi connectivity index (χ2v) is 3.55. The molecule has 2 rings (SSSR count). The molecule has 0 aliphatic carbocycles. The largest absolute Gasteiger partial charge is 3.00 e. The van der Waals surface area contributed by atoms with Crippen molar-refractivity contribution < 1.29 is 20.1 Å². The van der Waals surface area contributed by atoms with Gasteiger partial charge in [-0.15, -0.1) is 0 Å². The molecule has 1 aromatic carbocycles. The van der Waals surface area contributed by atoms with Gasteiger partial charge in [0.25, 0.3) is 0 Å². The van der Waals surface area contributed by atoms with Crippen LogP contribution in [-0.2, 0) is 20.1 Å². The molecule has 0 spiro atoms. The maximum atomic E-state index is 4.28. The molecular formula is C11H8BrIrN+3. The zero-order chi connectivity index (χ0) is 9.10. The summed E-state index contributed by atoms with van der Waals surface area (Å²) in [6.45, 7) is 0. The minimum atomic E-state index is 0. The minimum absolute atomic E-state index is 0. The van der Waals surface area contributed by atoms with Gasteiger partial charge in [0.05, 0.1) is 5.69 Å². The molecule has 0 bridgehead atoms. The van der Waals surface area contributed by atoms with Gasteiger partial charge in [-0.1, -0.05) is 40.2 Å². The third-order valence-corrected chi connectivity index (χ3v) is 2.51. The van der Waals surface area contributed by atoms with E-state index in [9.17, 15) is 0 Å². The Morgan fingerprint density at radius 2 is 1.64 bits per heavy atom. The third kappa shape index (κ3) is 2.50. The molecule has 0 unspecified atom stereocenters. The Hall–Kier alpha value is -0.501. The first kappa shape index (κ1) is 11.6. The molecule has 3 heteroatoms. The first-order chi connectivity index (χ1) is 6.38. The van der Waals surface area contributed by atoms with Crippen molar-refractivity contribution in [3.05, 3.63) is 53.1 Å². The van der Waals surface area contributed by atoms with Crippen LogP contribution < -0.4 is 0 Å². The van der Waals surface area contributed by atoms with Crippen LogP contribution in [0.25, 0.3) is 11.3 Å². The number of nitrogens with zero attached hydrogens (tertiary/aromatic N) is 1. The topological polar surface area (TPSA) is 12.9 Å². The average molecular weight is 426 g/mol. The van der Waals surface area contributed by atoms with Gasteiger partial charge in [0.2, 0.25) is 0 Å². The van der Waals surface area contributed by atoms with Crippen LogP contribution in [0.15, 0.2) is 53.1 Å². The van der Waals surface area contributed by atoms with Crippen LogP contribution in [-0.4, -0.2) is 4.98 Å². The Kier molecular flexibility index (Phi) is 4.46. The number of hydrogen-bond acceptors (Lipinski definition) is 1. The Bertz CT molecular complexity index is 403. The van der Waals surface area contributed by atoms with Gasteiger partial charge in [-0.05, 0) is 18.2 Å². The van der Waals surface area contributed by atoms with E-state index in [4.69, 9.17) is 0 Å². The van der Waals surface area contributed by atoms with Crippen molar-refractivity contribution in [3.63, 3.8) is 0 Å². The van der Waals surface area contributed by atoms with Crippen LogP contribution in [0.3, 0.4) is 0 Å². The van der Waals surface area contributed by atoms with Crippen molar-refractivity contribution in [2.45, 2.75) is 0 Å². The van der Waals surface area contributed by atoms with Crippen molar-refractivity contribution >= 4 is 15.9 Å². The van der Waals surface area contributed by atoms with Crippen LogP contribution in [0, 0.1) is 0 Å². The molecule has 0 saturated heterocycles. The molecular weight excluding hydrogens is 418 g/mol. The van der Waals surface area contributed by atoms with E-state index in [1.54, 1.807) is 6.20 Å². The number of halogens is 1. The van der Waals surface area contributed by atoms with E-state index in [1.165, 1.54) is 0 Å². The van der Waals surface area contributed by atoms with Crippen LogP contribution in [0.1, 0.15) is 0 Å². The molecule has 0 amide bonds. The van der Waals surface area contributed by atoms with Crippen molar-refractivity contribution in [2.75, 3.05) is 0 Å². The number of aromatic nitrogens is 1. The number of pyridine rings is 1. The van der Waals surface area contributed by atoms with E-state index in [2.05, 4.69) is 20.9 Å². The van der Waals surface area contributed by atoms with E-state index < -0.39 is 0 Å². The maximum Gasteiger partial charge on any atom is 3.00 e. The Morgan fingerprint density at radius 1 is 0.929 bits per heavy atom. The maximum absolute atomic E-state index is 4.28. The number of rotatable bonds is 1. The molecule has 0 atom stereocenters. The van der Waals surface area contributed by atoms with Crippen molar-refractivity contribution in [1.29, 1.82) is 0 Å². The summed E-state index contributed by atoms with van der Waals surface area (Å²) < 4.78 is 1.08. The molecule has 1 nitrogen and oxygen atoms in total. The molecule has 70 valence electrons. The molecule has 0 saturated carbocycles. The predicted molar refractivity (Wildman–Crippen MR) is 57.4 cm³/mol. The zero-order valence-electron chi connectivity index (χ0n) is 7.28. The van der Waals surface area contributed by atoms with Crippen molar-refractivity contribution in [3.8, 4) is 11.3 Å². The monoisotopic (exact) mass is 426 g/mol. The van der Waals surface area contributed by atoms with Crippen LogP contribution >= 0.6 is 15.9 Å². The molecule has 0 aliphatic heterocycles. The van der Waals surface area contributed by atoms with E-state index in [1.807, 2.05) is 42.5 Å². The molecule has 0 N–H and O–H groups in total. The summed E-state index contributed by atoms with van der Waals surface area (Å²) in [4.78, 5) is 4.28. The van der Waals surface area contributed by atoms with E-state index in [0.29, 0.717) is 0 Å². The summed E-state index contributed by atoms with van der Waals surface area (Å²) in [5, 5.41) is 0. The Morgan fingerprint density at radius 3 is 2.29 bits per heavy atom. The fourth-order valence-electron chi connectivity index (χ4n) is 1.19. The number of benzene rings is 1. The standard InChI is InChI=1S/C11H8BrN.Ir/c12-10-6-2-1-5-9(10)11-7-3-4-8-13-11;/h1-8H;/q;+3. The summed E-state index contributed by atoms with van der Waals surface area (Å²) in [6.07, 6.45) is 1.80. The molecule has 1 heterocycles. The molecule has 14 heavy (non-hydrogen) atoms. The van der Waals surface area contributed by atoms with Gasteiger partial charge in [-0.25, -0.2) is 0 Å². The van der Waals surface area contributed by atoms with Crippen LogP contribution in [0.4, 0.5) is 0 Å². The Balaban J connectivity index is 0.000000980. The first-order valence-electron chi connectivity index (χ1n) is 4.04. The van der Waals surface area contributed by atoms with E-state index in [-0.39, 0.29) is 20.1 Å². The average Bonchev–Trinajstić information content (AvgIpc) is 2.20. The van der Waals surface area contributed by atoms with Gasteiger partial charge in [0, 0.05) is 16.2 Å². The van der Waals surface area contributed by atoms with Gasteiger partial charge in [-0.3, -0.25) is 4.98 Å². The second-order valence-electron chi connectivity index (χ2n) is 2.69. The summed E-state index contributed by atoms with van der Waals surface area (Å²) in [5.74, 6) is 0. The van der Waals surface area contributed by atoms with Gasteiger partial charge in [0.15, 0.2) is 0 Å². The van der Waals surface area contributed by atoms with Crippen LogP contribution in [0.2, 0.25) is 0 Å². The summed E-state index contributed by atoms with van der Waals surface area (Å²) in [7, 11) is 0. The normalized spacial score (nSPS) is 9.21. The summed E-state index contributed by atoms with van der Waals surface area (Å²) >= 11 is 3.49. The molecule has 0 fully saturated rings. The second kappa shape index (κ2) is 5.40. The zero-order valence-corrected chi connectivity index (χ0v) is 11.3. The molecule has 0 aliphatic rings. The van der Waals surface area contributed by atoms with Crippen molar-refractivity contribution in [1.82, 2.24) is 4.98 Å². The fraction of sp³-hybridized carbons (Fsp3) is 0. The fourth-order valence-corrected chi connectivity index (χ4v) is 1.68. The van der Waals surface area contributed by atoms with Gasteiger partial charge in [-0.2, -0.15) is 0 Å². The summed E-state index contributed by atoms with van der Waals surface area (Å²) in [5.41, 5.74) is 2.12. The Labute approximate surface area is 105 Å². The van der Waals surface area contributed by atoms with Gasteiger partial charge < -0.3 is 0 Å². The first-order valence-corrected chi connectivity index (χ1v) is 4.83.